The Morgan fingerprint density at radius 3 is 2.96 bits per heavy atom. The molecule has 0 spiro atoms. The zero-order chi connectivity index (χ0) is 17.1. The summed E-state index contributed by atoms with van der Waals surface area (Å²) in [5.41, 5.74) is 1.64. The van der Waals surface area contributed by atoms with Crippen LogP contribution >= 0.6 is 23.2 Å². The Balaban J connectivity index is 1.50. The number of aromatic nitrogens is 4. The molecule has 7 nitrogen and oxygen atoms in total. The van der Waals surface area contributed by atoms with Crippen LogP contribution in [-0.2, 0) is 6.54 Å². The average molecular weight is 368 g/mol. The smallest absolute Gasteiger partial charge is 0.271 e. The lowest BCUT2D eigenvalue weighted by Crippen LogP contribution is -2.25. The van der Waals surface area contributed by atoms with Gasteiger partial charge >= 0.3 is 0 Å². The van der Waals surface area contributed by atoms with E-state index < -0.39 is 0 Å². The Morgan fingerprint density at radius 2 is 2.29 bits per heavy atom. The SMILES string of the molecule is Cc1nn(CCCNC(=O)c2cc(-c3ccco3)[nH]n2)c(Cl)c1Cl. The van der Waals surface area contributed by atoms with Crippen LogP contribution in [0.25, 0.3) is 11.5 Å². The van der Waals surface area contributed by atoms with Gasteiger partial charge in [0.25, 0.3) is 5.91 Å². The summed E-state index contributed by atoms with van der Waals surface area (Å²) in [4.78, 5) is 12.1. The Kier molecular flexibility index (Phi) is 4.92. The maximum atomic E-state index is 12.1. The third-order valence-corrected chi connectivity index (χ3v) is 4.36. The Labute approximate surface area is 147 Å². The third kappa shape index (κ3) is 3.47. The molecule has 0 aliphatic heterocycles. The normalized spacial score (nSPS) is 11.0. The second-order valence-electron chi connectivity index (χ2n) is 5.17. The highest BCUT2D eigenvalue weighted by atomic mass is 35.5. The summed E-state index contributed by atoms with van der Waals surface area (Å²) in [5, 5.41) is 14.7. The van der Waals surface area contributed by atoms with Crippen LogP contribution < -0.4 is 5.32 Å². The molecule has 0 aliphatic carbocycles. The van der Waals surface area contributed by atoms with E-state index in [1.807, 2.05) is 0 Å². The standard InChI is InChI=1S/C15H15Cl2N5O2/c1-9-13(16)14(17)22(21-9)6-3-5-18-15(23)11-8-10(19-20-11)12-4-2-7-24-12/h2,4,7-8H,3,5-6H2,1H3,(H,18,23)(H,19,20). The minimum atomic E-state index is -0.259. The molecule has 3 heterocycles. The van der Waals surface area contributed by atoms with E-state index in [0.29, 0.717) is 52.5 Å². The predicted molar refractivity (Wildman–Crippen MR) is 90.2 cm³/mol. The van der Waals surface area contributed by atoms with Crippen LogP contribution in [0, 0.1) is 6.92 Å². The summed E-state index contributed by atoms with van der Waals surface area (Å²) in [6.07, 6.45) is 2.22. The van der Waals surface area contributed by atoms with Crippen molar-refractivity contribution in [3.05, 3.63) is 46.0 Å². The first kappa shape index (κ1) is 16.6. The molecule has 0 atom stereocenters. The van der Waals surface area contributed by atoms with E-state index in [1.54, 1.807) is 36.1 Å². The number of nitrogens with one attached hydrogen (secondary N) is 2. The van der Waals surface area contributed by atoms with Crippen LogP contribution in [-0.4, -0.2) is 32.4 Å². The zero-order valence-corrected chi connectivity index (χ0v) is 14.4. The van der Waals surface area contributed by atoms with Crippen molar-refractivity contribution in [1.82, 2.24) is 25.3 Å². The van der Waals surface area contributed by atoms with Crippen molar-refractivity contribution in [1.29, 1.82) is 0 Å². The highest BCUT2D eigenvalue weighted by molar-refractivity contribution is 6.41. The number of rotatable bonds is 6. The summed E-state index contributed by atoms with van der Waals surface area (Å²) in [6.45, 7) is 2.82. The number of hydrogen-bond acceptors (Lipinski definition) is 4. The zero-order valence-electron chi connectivity index (χ0n) is 12.8. The maximum absolute atomic E-state index is 12.1. The molecule has 0 unspecified atom stereocenters. The molecule has 0 aliphatic rings. The lowest BCUT2D eigenvalue weighted by atomic mass is 10.3. The van der Waals surface area contributed by atoms with Crippen LogP contribution in [0.1, 0.15) is 22.6 Å². The molecule has 0 saturated carbocycles. The Hall–Kier alpha value is -2.25. The first-order chi connectivity index (χ1) is 11.6. The van der Waals surface area contributed by atoms with Gasteiger partial charge in [0.2, 0.25) is 0 Å². The molecule has 3 aromatic heterocycles. The van der Waals surface area contributed by atoms with Gasteiger partial charge in [0.15, 0.2) is 11.5 Å². The number of aromatic amines is 1. The summed E-state index contributed by atoms with van der Waals surface area (Å²) >= 11 is 12.0. The van der Waals surface area contributed by atoms with Gasteiger partial charge in [-0.2, -0.15) is 10.2 Å². The van der Waals surface area contributed by atoms with Gasteiger partial charge < -0.3 is 9.73 Å². The summed E-state index contributed by atoms with van der Waals surface area (Å²) in [5.74, 6) is 0.368. The number of nitrogens with zero attached hydrogens (tertiary/aromatic N) is 3. The minimum Gasteiger partial charge on any atom is -0.463 e. The van der Waals surface area contributed by atoms with Crippen LogP contribution in [0.3, 0.4) is 0 Å². The molecular formula is C15H15Cl2N5O2. The first-order valence-corrected chi connectivity index (χ1v) is 8.07. The van der Waals surface area contributed by atoms with E-state index >= 15 is 0 Å². The van der Waals surface area contributed by atoms with Crippen LogP contribution in [0.5, 0.6) is 0 Å². The van der Waals surface area contributed by atoms with Gasteiger partial charge in [-0.25, -0.2) is 0 Å². The van der Waals surface area contributed by atoms with Gasteiger partial charge in [-0.05, 0) is 25.5 Å². The quantitative estimate of drug-likeness (QED) is 0.654. The van der Waals surface area contributed by atoms with Crippen LogP contribution in [0.4, 0.5) is 0 Å². The van der Waals surface area contributed by atoms with Gasteiger partial charge in [0, 0.05) is 19.2 Å². The van der Waals surface area contributed by atoms with E-state index in [0.717, 1.165) is 0 Å². The van der Waals surface area contributed by atoms with E-state index in [-0.39, 0.29) is 5.91 Å². The van der Waals surface area contributed by atoms with Gasteiger partial charge in [0.05, 0.1) is 12.0 Å². The molecule has 3 aromatic rings. The molecule has 24 heavy (non-hydrogen) atoms. The van der Waals surface area contributed by atoms with Gasteiger partial charge in [0.1, 0.15) is 15.9 Å². The van der Waals surface area contributed by atoms with E-state index in [1.165, 1.54) is 0 Å². The molecule has 0 radical (unpaired) electrons. The molecule has 126 valence electrons. The molecule has 0 bridgehead atoms. The van der Waals surface area contributed by atoms with Crippen molar-refractivity contribution >= 4 is 29.1 Å². The number of H-pyrrole nitrogens is 1. The average Bonchev–Trinajstić information content (AvgIpc) is 3.29. The lowest BCUT2D eigenvalue weighted by Gasteiger charge is -2.04. The molecule has 9 heteroatoms. The predicted octanol–water partition coefficient (Wildman–Crippen LogP) is 3.30. The number of furan rings is 1. The molecule has 0 fully saturated rings. The summed E-state index contributed by atoms with van der Waals surface area (Å²) in [7, 11) is 0. The fourth-order valence-corrected chi connectivity index (χ4v) is 2.59. The molecule has 3 rings (SSSR count). The van der Waals surface area contributed by atoms with Gasteiger partial charge in [-0.3, -0.25) is 14.6 Å². The number of hydrogen-bond donors (Lipinski definition) is 2. The Morgan fingerprint density at radius 1 is 1.46 bits per heavy atom. The van der Waals surface area contributed by atoms with Crippen molar-refractivity contribution in [2.45, 2.75) is 19.9 Å². The third-order valence-electron chi connectivity index (χ3n) is 3.43. The molecule has 0 saturated heterocycles. The number of aryl methyl sites for hydroxylation is 2. The van der Waals surface area contributed by atoms with Crippen molar-refractivity contribution in [3.63, 3.8) is 0 Å². The highest BCUT2D eigenvalue weighted by Crippen LogP contribution is 2.24. The monoisotopic (exact) mass is 367 g/mol. The largest absolute Gasteiger partial charge is 0.463 e. The van der Waals surface area contributed by atoms with Crippen molar-refractivity contribution in [2.75, 3.05) is 6.54 Å². The molecular weight excluding hydrogens is 353 g/mol. The summed E-state index contributed by atoms with van der Waals surface area (Å²) in [6, 6.07) is 5.20. The fraction of sp³-hybridized carbons (Fsp3) is 0.267. The van der Waals surface area contributed by atoms with Crippen LogP contribution in [0.15, 0.2) is 28.9 Å². The van der Waals surface area contributed by atoms with E-state index in [9.17, 15) is 4.79 Å². The first-order valence-electron chi connectivity index (χ1n) is 7.32. The van der Waals surface area contributed by atoms with Gasteiger partial charge in [-0.15, -0.1) is 0 Å². The number of amides is 1. The molecule has 2 N–H and O–H groups in total. The van der Waals surface area contributed by atoms with Crippen molar-refractivity contribution in [2.24, 2.45) is 0 Å². The minimum absolute atomic E-state index is 0.259. The highest BCUT2D eigenvalue weighted by Gasteiger charge is 2.13. The second-order valence-corrected chi connectivity index (χ2v) is 5.90. The summed E-state index contributed by atoms with van der Waals surface area (Å²) < 4.78 is 6.87. The number of carbonyl (C=O) groups is 1. The Bertz CT molecular complexity index is 838. The maximum Gasteiger partial charge on any atom is 0.271 e. The fourth-order valence-electron chi connectivity index (χ4n) is 2.20. The lowest BCUT2D eigenvalue weighted by molar-refractivity contribution is 0.0947. The van der Waals surface area contributed by atoms with Gasteiger partial charge in [-0.1, -0.05) is 23.2 Å². The van der Waals surface area contributed by atoms with Crippen molar-refractivity contribution < 1.29 is 9.21 Å². The number of carbonyl (C=O) groups excluding carboxylic acids is 1. The van der Waals surface area contributed by atoms with Crippen molar-refractivity contribution in [3.8, 4) is 11.5 Å². The molecule has 1 amide bonds. The van der Waals surface area contributed by atoms with E-state index in [4.69, 9.17) is 27.6 Å². The topological polar surface area (TPSA) is 88.7 Å². The van der Waals surface area contributed by atoms with E-state index in [2.05, 4.69) is 20.6 Å². The second kappa shape index (κ2) is 7.11. The molecule has 0 aromatic carbocycles. The number of halogens is 2. The van der Waals surface area contributed by atoms with Crippen LogP contribution in [0.2, 0.25) is 10.2 Å².